The molecule has 0 fully saturated rings. The van der Waals surface area contributed by atoms with E-state index < -0.39 is 0 Å². The maximum absolute atomic E-state index is 3.80. The topological polar surface area (TPSA) is 12.0 Å². The van der Waals surface area contributed by atoms with Crippen molar-refractivity contribution in [3.63, 3.8) is 0 Å². The van der Waals surface area contributed by atoms with E-state index in [0.717, 1.165) is 25.4 Å². The Morgan fingerprint density at radius 1 is 1.60 bits per heavy atom. The maximum atomic E-state index is 3.80. The summed E-state index contributed by atoms with van der Waals surface area (Å²) in [5.41, 5.74) is 0. The Morgan fingerprint density at radius 3 is 3.07 bits per heavy atom. The van der Waals surface area contributed by atoms with Crippen LogP contribution in [0.2, 0.25) is 0 Å². The average molecular weight is 223 g/mol. The third kappa shape index (κ3) is 5.14. The molecule has 15 heavy (non-hydrogen) atoms. The number of hydrogen-bond donors (Lipinski definition) is 1. The molecule has 0 aromatic carbocycles. The molecule has 84 valence electrons. The predicted molar refractivity (Wildman–Crippen MR) is 69.2 cm³/mol. The minimum absolute atomic E-state index is 0.804. The van der Waals surface area contributed by atoms with Crippen molar-refractivity contribution in [2.24, 2.45) is 5.92 Å². The van der Waals surface area contributed by atoms with Gasteiger partial charge in [-0.1, -0.05) is 25.5 Å². The van der Waals surface area contributed by atoms with Gasteiger partial charge in [0.25, 0.3) is 0 Å². The van der Waals surface area contributed by atoms with E-state index in [0.29, 0.717) is 0 Å². The molecule has 1 N–H and O–H groups in total. The molecule has 0 aliphatic carbocycles. The van der Waals surface area contributed by atoms with E-state index in [-0.39, 0.29) is 0 Å². The normalized spacial score (nSPS) is 12.6. The second kappa shape index (κ2) is 7.66. The molecular weight excluding hydrogens is 202 g/mol. The highest BCUT2D eigenvalue weighted by Gasteiger charge is 2.03. The van der Waals surface area contributed by atoms with Crippen molar-refractivity contribution in [3.8, 4) is 0 Å². The first-order chi connectivity index (χ1) is 7.36. The Morgan fingerprint density at radius 2 is 2.47 bits per heavy atom. The van der Waals surface area contributed by atoms with Crippen LogP contribution in [0.5, 0.6) is 0 Å². The van der Waals surface area contributed by atoms with Crippen molar-refractivity contribution < 1.29 is 0 Å². The van der Waals surface area contributed by atoms with Crippen molar-refractivity contribution in [2.75, 3.05) is 6.54 Å². The van der Waals surface area contributed by atoms with Gasteiger partial charge in [-0.15, -0.1) is 17.9 Å². The first-order valence-electron chi connectivity index (χ1n) is 5.70. The number of nitrogens with one attached hydrogen (secondary N) is 1. The third-order valence-electron chi connectivity index (χ3n) is 2.69. The summed E-state index contributed by atoms with van der Waals surface area (Å²) in [7, 11) is 0. The molecule has 0 aliphatic heterocycles. The van der Waals surface area contributed by atoms with E-state index >= 15 is 0 Å². The van der Waals surface area contributed by atoms with Crippen LogP contribution in [0, 0.1) is 5.92 Å². The van der Waals surface area contributed by atoms with Crippen LogP contribution in [0.1, 0.15) is 31.1 Å². The molecule has 0 spiro atoms. The summed E-state index contributed by atoms with van der Waals surface area (Å²) in [6.45, 7) is 8.19. The van der Waals surface area contributed by atoms with E-state index in [2.05, 4.69) is 36.3 Å². The van der Waals surface area contributed by atoms with Crippen LogP contribution in [0.25, 0.3) is 0 Å². The van der Waals surface area contributed by atoms with Crippen molar-refractivity contribution in [3.05, 3.63) is 35.0 Å². The minimum atomic E-state index is 0.804. The van der Waals surface area contributed by atoms with E-state index in [4.69, 9.17) is 0 Å². The predicted octanol–water partition coefficient (Wildman–Crippen LogP) is 3.83. The highest BCUT2D eigenvalue weighted by Crippen LogP contribution is 2.13. The molecule has 1 atom stereocenters. The van der Waals surface area contributed by atoms with Gasteiger partial charge < -0.3 is 5.32 Å². The Bertz CT molecular complexity index is 254. The summed E-state index contributed by atoms with van der Waals surface area (Å²) in [6, 6.07) is 4.28. The van der Waals surface area contributed by atoms with Gasteiger partial charge in [0, 0.05) is 11.4 Å². The Labute approximate surface area is 97.2 Å². The molecule has 0 bridgehead atoms. The molecule has 1 unspecified atom stereocenters. The number of rotatable bonds is 8. The minimum Gasteiger partial charge on any atom is -0.312 e. The van der Waals surface area contributed by atoms with Crippen molar-refractivity contribution in [1.29, 1.82) is 0 Å². The molecular formula is C13H21NS. The zero-order valence-corrected chi connectivity index (χ0v) is 10.4. The number of allylic oxidation sites excluding steroid dienone is 1. The van der Waals surface area contributed by atoms with Crippen LogP contribution in [-0.4, -0.2) is 6.54 Å². The monoisotopic (exact) mass is 223 g/mol. The zero-order valence-electron chi connectivity index (χ0n) is 9.54. The standard InChI is InChI=1S/C13H21NS/c1-3-6-12(4-2)8-9-14-11-13-7-5-10-15-13/h3,5,7,10,12,14H,1,4,6,8-9,11H2,2H3. The second-order valence-corrected chi connectivity index (χ2v) is 4.88. The van der Waals surface area contributed by atoms with Crippen molar-refractivity contribution >= 4 is 11.3 Å². The molecule has 0 saturated carbocycles. The van der Waals surface area contributed by atoms with Gasteiger partial charge >= 0.3 is 0 Å². The second-order valence-electron chi connectivity index (χ2n) is 3.84. The first-order valence-corrected chi connectivity index (χ1v) is 6.58. The maximum Gasteiger partial charge on any atom is 0.0299 e. The summed E-state index contributed by atoms with van der Waals surface area (Å²) in [4.78, 5) is 1.42. The quantitative estimate of drug-likeness (QED) is 0.522. The smallest absolute Gasteiger partial charge is 0.0299 e. The largest absolute Gasteiger partial charge is 0.312 e. The van der Waals surface area contributed by atoms with Crippen LogP contribution in [0.3, 0.4) is 0 Å². The van der Waals surface area contributed by atoms with Gasteiger partial charge in [0.2, 0.25) is 0 Å². The Hall–Kier alpha value is -0.600. The van der Waals surface area contributed by atoms with Gasteiger partial charge in [0.05, 0.1) is 0 Å². The fourth-order valence-corrected chi connectivity index (χ4v) is 2.33. The van der Waals surface area contributed by atoms with E-state index in [1.807, 2.05) is 17.4 Å². The van der Waals surface area contributed by atoms with Crippen LogP contribution < -0.4 is 5.32 Å². The molecule has 2 heteroatoms. The van der Waals surface area contributed by atoms with Crippen LogP contribution in [-0.2, 0) is 6.54 Å². The molecule has 0 aliphatic rings. The summed E-state index contributed by atoms with van der Waals surface area (Å²) in [5, 5.41) is 5.62. The molecule has 1 heterocycles. The lowest BCUT2D eigenvalue weighted by Crippen LogP contribution is -2.16. The molecule has 0 amide bonds. The SMILES string of the molecule is C=CCC(CC)CCNCc1cccs1. The molecule has 1 aromatic rings. The fraction of sp³-hybridized carbons (Fsp3) is 0.538. The van der Waals surface area contributed by atoms with Crippen LogP contribution in [0.15, 0.2) is 30.2 Å². The number of hydrogen-bond acceptors (Lipinski definition) is 2. The van der Waals surface area contributed by atoms with Crippen LogP contribution >= 0.6 is 11.3 Å². The van der Waals surface area contributed by atoms with Crippen molar-refractivity contribution in [2.45, 2.75) is 32.7 Å². The van der Waals surface area contributed by atoms with Gasteiger partial charge in [0.1, 0.15) is 0 Å². The van der Waals surface area contributed by atoms with E-state index in [9.17, 15) is 0 Å². The van der Waals surface area contributed by atoms with E-state index in [1.54, 1.807) is 0 Å². The van der Waals surface area contributed by atoms with Gasteiger partial charge in [-0.05, 0) is 36.8 Å². The summed E-state index contributed by atoms with van der Waals surface area (Å²) in [6.07, 6.45) is 5.70. The summed E-state index contributed by atoms with van der Waals surface area (Å²) >= 11 is 1.82. The lowest BCUT2D eigenvalue weighted by molar-refractivity contribution is 0.456. The number of thiophene rings is 1. The van der Waals surface area contributed by atoms with Crippen LogP contribution in [0.4, 0.5) is 0 Å². The molecule has 0 saturated heterocycles. The lowest BCUT2D eigenvalue weighted by Gasteiger charge is -2.12. The van der Waals surface area contributed by atoms with Gasteiger partial charge in [-0.25, -0.2) is 0 Å². The Balaban J connectivity index is 2.07. The zero-order chi connectivity index (χ0) is 10.9. The molecule has 1 nitrogen and oxygen atoms in total. The lowest BCUT2D eigenvalue weighted by atomic mass is 9.99. The third-order valence-corrected chi connectivity index (χ3v) is 3.56. The fourth-order valence-electron chi connectivity index (χ4n) is 1.66. The van der Waals surface area contributed by atoms with Gasteiger partial charge in [-0.3, -0.25) is 0 Å². The molecule has 1 rings (SSSR count). The van der Waals surface area contributed by atoms with Crippen molar-refractivity contribution in [1.82, 2.24) is 5.32 Å². The highest BCUT2D eigenvalue weighted by atomic mass is 32.1. The summed E-state index contributed by atoms with van der Waals surface area (Å²) in [5.74, 6) is 0.804. The molecule has 1 aromatic heterocycles. The van der Waals surface area contributed by atoms with Gasteiger partial charge in [0.15, 0.2) is 0 Å². The van der Waals surface area contributed by atoms with Gasteiger partial charge in [-0.2, -0.15) is 0 Å². The average Bonchev–Trinajstić information content (AvgIpc) is 2.75. The first kappa shape index (κ1) is 12.5. The summed E-state index contributed by atoms with van der Waals surface area (Å²) < 4.78 is 0. The molecule has 0 radical (unpaired) electrons. The highest BCUT2D eigenvalue weighted by molar-refractivity contribution is 7.09. The Kier molecular flexibility index (Phi) is 6.37. The van der Waals surface area contributed by atoms with E-state index in [1.165, 1.54) is 17.7 Å².